The van der Waals surface area contributed by atoms with E-state index in [1.165, 1.54) is 11.3 Å². The van der Waals surface area contributed by atoms with Crippen molar-refractivity contribution in [2.75, 3.05) is 26.3 Å². The summed E-state index contributed by atoms with van der Waals surface area (Å²) >= 11 is 1.46. The summed E-state index contributed by atoms with van der Waals surface area (Å²) in [5.41, 5.74) is 1.06. The number of benzene rings is 2. The van der Waals surface area contributed by atoms with Gasteiger partial charge in [-0.25, -0.2) is 4.79 Å². The van der Waals surface area contributed by atoms with Crippen LogP contribution in [0.15, 0.2) is 48.5 Å². The van der Waals surface area contributed by atoms with E-state index in [-0.39, 0.29) is 5.97 Å². The summed E-state index contributed by atoms with van der Waals surface area (Å²) in [6.07, 6.45) is 0. The SMILES string of the molecule is Cc1ccc(C(=O)Oc2ccc3ccccc3c2CN2CCOCC2)s1. The molecular weight excluding hydrogens is 346 g/mol. The van der Waals surface area contributed by atoms with Crippen LogP contribution in [0, 0.1) is 6.92 Å². The lowest BCUT2D eigenvalue weighted by Gasteiger charge is -2.27. The maximum Gasteiger partial charge on any atom is 0.353 e. The molecule has 0 unspecified atom stereocenters. The first-order valence-corrected chi connectivity index (χ1v) is 9.62. The van der Waals surface area contributed by atoms with Gasteiger partial charge in [0.25, 0.3) is 0 Å². The van der Waals surface area contributed by atoms with Gasteiger partial charge in [0.15, 0.2) is 0 Å². The van der Waals surface area contributed by atoms with Crippen molar-refractivity contribution in [2.24, 2.45) is 0 Å². The Balaban J connectivity index is 1.68. The highest BCUT2D eigenvalue weighted by Crippen LogP contribution is 2.31. The van der Waals surface area contributed by atoms with Gasteiger partial charge >= 0.3 is 5.97 Å². The maximum atomic E-state index is 12.6. The number of aryl methyl sites for hydroxylation is 1. The predicted molar refractivity (Wildman–Crippen MR) is 104 cm³/mol. The van der Waals surface area contributed by atoms with Crippen molar-refractivity contribution in [3.63, 3.8) is 0 Å². The van der Waals surface area contributed by atoms with Crippen LogP contribution in [0.25, 0.3) is 10.8 Å². The first-order valence-electron chi connectivity index (χ1n) is 8.80. The number of esters is 1. The third-order valence-electron chi connectivity index (χ3n) is 4.63. The number of hydrogen-bond donors (Lipinski definition) is 0. The minimum absolute atomic E-state index is 0.290. The second kappa shape index (κ2) is 7.58. The summed E-state index contributed by atoms with van der Waals surface area (Å²) in [4.78, 5) is 16.6. The molecule has 4 nitrogen and oxygen atoms in total. The summed E-state index contributed by atoms with van der Waals surface area (Å²) in [6.45, 7) is 6.00. The van der Waals surface area contributed by atoms with Crippen molar-refractivity contribution >= 4 is 28.1 Å². The standard InChI is InChI=1S/C21H21NO3S/c1-15-6-9-20(26-15)21(23)25-19-8-7-16-4-2-3-5-17(16)18(19)14-22-10-12-24-13-11-22/h2-9H,10-14H2,1H3. The zero-order valence-electron chi connectivity index (χ0n) is 14.7. The van der Waals surface area contributed by atoms with Crippen molar-refractivity contribution in [3.05, 3.63) is 63.8 Å². The summed E-state index contributed by atoms with van der Waals surface area (Å²) in [5, 5.41) is 2.29. The largest absolute Gasteiger partial charge is 0.422 e. The molecule has 0 saturated carbocycles. The molecule has 5 heteroatoms. The molecule has 0 N–H and O–H groups in total. The third-order valence-corrected chi connectivity index (χ3v) is 5.61. The minimum atomic E-state index is -0.290. The van der Waals surface area contributed by atoms with E-state index >= 15 is 0 Å². The molecule has 2 heterocycles. The molecule has 0 spiro atoms. The lowest BCUT2D eigenvalue weighted by molar-refractivity contribution is 0.0339. The molecule has 1 aromatic heterocycles. The summed E-state index contributed by atoms with van der Waals surface area (Å²) in [7, 11) is 0. The van der Waals surface area contributed by atoms with Gasteiger partial charge in [-0.1, -0.05) is 30.3 Å². The van der Waals surface area contributed by atoms with E-state index in [2.05, 4.69) is 17.0 Å². The average Bonchev–Trinajstić information content (AvgIpc) is 3.11. The molecule has 0 atom stereocenters. The molecule has 3 aromatic rings. The number of hydrogen-bond acceptors (Lipinski definition) is 5. The van der Waals surface area contributed by atoms with E-state index in [4.69, 9.17) is 9.47 Å². The first-order chi connectivity index (χ1) is 12.7. The molecule has 1 fully saturated rings. The monoisotopic (exact) mass is 367 g/mol. The number of nitrogens with zero attached hydrogens (tertiary/aromatic N) is 1. The van der Waals surface area contributed by atoms with Crippen molar-refractivity contribution in [1.82, 2.24) is 4.90 Å². The Labute approximate surface area is 157 Å². The fraction of sp³-hybridized carbons (Fsp3) is 0.286. The van der Waals surface area contributed by atoms with Gasteiger partial charge in [0, 0.05) is 30.1 Å². The maximum absolute atomic E-state index is 12.6. The van der Waals surface area contributed by atoms with E-state index < -0.39 is 0 Å². The number of carbonyl (C=O) groups excluding carboxylic acids is 1. The van der Waals surface area contributed by atoms with Gasteiger partial charge in [0.05, 0.1) is 13.2 Å². The van der Waals surface area contributed by atoms with Gasteiger partial charge in [-0.2, -0.15) is 0 Å². The van der Waals surface area contributed by atoms with Crippen LogP contribution in [0.5, 0.6) is 5.75 Å². The lowest BCUT2D eigenvalue weighted by Crippen LogP contribution is -2.35. The highest BCUT2D eigenvalue weighted by atomic mass is 32.1. The Morgan fingerprint density at radius 2 is 1.92 bits per heavy atom. The molecule has 2 aromatic carbocycles. The molecule has 26 heavy (non-hydrogen) atoms. The van der Waals surface area contributed by atoms with Crippen LogP contribution < -0.4 is 4.74 Å². The van der Waals surface area contributed by atoms with Gasteiger partial charge in [-0.3, -0.25) is 4.90 Å². The molecule has 1 aliphatic rings. The Hall–Kier alpha value is -2.21. The van der Waals surface area contributed by atoms with Crippen molar-refractivity contribution in [3.8, 4) is 5.75 Å². The van der Waals surface area contributed by atoms with Crippen LogP contribution in [-0.4, -0.2) is 37.2 Å². The third kappa shape index (κ3) is 3.65. The Morgan fingerprint density at radius 1 is 1.12 bits per heavy atom. The molecule has 1 aliphatic heterocycles. The quantitative estimate of drug-likeness (QED) is 0.510. The van der Waals surface area contributed by atoms with Crippen LogP contribution in [-0.2, 0) is 11.3 Å². The predicted octanol–water partition coefficient (Wildman–Crippen LogP) is 4.26. The van der Waals surface area contributed by atoms with Crippen LogP contribution in [0.1, 0.15) is 20.1 Å². The van der Waals surface area contributed by atoms with E-state index in [0.717, 1.165) is 54.1 Å². The van der Waals surface area contributed by atoms with Gasteiger partial charge in [0.2, 0.25) is 0 Å². The summed E-state index contributed by atoms with van der Waals surface area (Å²) in [5.74, 6) is 0.354. The van der Waals surface area contributed by atoms with E-state index in [9.17, 15) is 4.79 Å². The Morgan fingerprint density at radius 3 is 2.69 bits per heavy atom. The van der Waals surface area contributed by atoms with Crippen LogP contribution in [0.2, 0.25) is 0 Å². The number of morpholine rings is 1. The van der Waals surface area contributed by atoms with E-state index in [1.54, 1.807) is 0 Å². The molecule has 0 radical (unpaired) electrons. The van der Waals surface area contributed by atoms with Crippen LogP contribution >= 0.6 is 11.3 Å². The van der Waals surface area contributed by atoms with Crippen molar-refractivity contribution in [1.29, 1.82) is 0 Å². The molecule has 0 aliphatic carbocycles. The van der Waals surface area contributed by atoms with Gasteiger partial charge < -0.3 is 9.47 Å². The van der Waals surface area contributed by atoms with E-state index in [0.29, 0.717) is 10.6 Å². The topological polar surface area (TPSA) is 38.8 Å². The van der Waals surface area contributed by atoms with E-state index in [1.807, 2.05) is 43.3 Å². The number of fused-ring (bicyclic) bond motifs is 1. The molecule has 0 amide bonds. The Kier molecular flexibility index (Phi) is 5.02. The average molecular weight is 367 g/mol. The molecular formula is C21H21NO3S. The zero-order valence-corrected chi connectivity index (χ0v) is 15.6. The molecule has 1 saturated heterocycles. The Bertz CT molecular complexity index is 928. The van der Waals surface area contributed by atoms with Gasteiger partial charge in [-0.15, -0.1) is 11.3 Å². The van der Waals surface area contributed by atoms with Crippen molar-refractivity contribution < 1.29 is 14.3 Å². The number of ether oxygens (including phenoxy) is 2. The smallest absolute Gasteiger partial charge is 0.353 e. The minimum Gasteiger partial charge on any atom is -0.422 e. The highest BCUT2D eigenvalue weighted by molar-refractivity contribution is 7.13. The van der Waals surface area contributed by atoms with Crippen LogP contribution in [0.4, 0.5) is 0 Å². The second-order valence-corrected chi connectivity index (χ2v) is 7.74. The molecule has 134 valence electrons. The fourth-order valence-corrected chi connectivity index (χ4v) is 4.00. The summed E-state index contributed by atoms with van der Waals surface area (Å²) < 4.78 is 11.3. The zero-order chi connectivity index (χ0) is 17.9. The lowest BCUT2D eigenvalue weighted by atomic mass is 10.0. The van der Waals surface area contributed by atoms with Crippen molar-refractivity contribution in [2.45, 2.75) is 13.5 Å². The van der Waals surface area contributed by atoms with Gasteiger partial charge in [-0.05, 0) is 35.9 Å². The fourth-order valence-electron chi connectivity index (χ4n) is 3.25. The normalized spacial score (nSPS) is 15.3. The molecule has 4 rings (SSSR count). The highest BCUT2D eigenvalue weighted by Gasteiger charge is 2.19. The molecule has 0 bridgehead atoms. The number of carbonyl (C=O) groups is 1. The summed E-state index contributed by atoms with van der Waals surface area (Å²) in [6, 6.07) is 15.9. The number of rotatable bonds is 4. The second-order valence-electron chi connectivity index (χ2n) is 6.45. The van der Waals surface area contributed by atoms with Gasteiger partial charge in [0.1, 0.15) is 10.6 Å². The van der Waals surface area contributed by atoms with Crippen LogP contribution in [0.3, 0.4) is 0 Å². The number of thiophene rings is 1. The first kappa shape index (κ1) is 17.2.